The number of nitriles is 1. The summed E-state index contributed by atoms with van der Waals surface area (Å²) in [5.74, 6) is 0.604. The van der Waals surface area contributed by atoms with Crippen LogP contribution in [0.3, 0.4) is 0 Å². The lowest BCUT2D eigenvalue weighted by molar-refractivity contribution is 0.820. The second kappa shape index (κ2) is 6.83. The van der Waals surface area contributed by atoms with Crippen LogP contribution in [-0.4, -0.2) is 15.3 Å². The molecule has 0 N–H and O–H groups in total. The van der Waals surface area contributed by atoms with Crippen molar-refractivity contribution in [2.45, 2.75) is 30.8 Å². The van der Waals surface area contributed by atoms with Gasteiger partial charge in [-0.05, 0) is 49.1 Å². The van der Waals surface area contributed by atoms with Gasteiger partial charge in [-0.25, -0.2) is 4.98 Å². The molecule has 126 valence electrons. The lowest BCUT2D eigenvalue weighted by Gasteiger charge is -2.12. The van der Waals surface area contributed by atoms with E-state index in [1.807, 2.05) is 12.1 Å². The minimum atomic E-state index is -0.0221. The minimum absolute atomic E-state index is 0.0221. The Labute approximate surface area is 158 Å². The van der Waals surface area contributed by atoms with Crippen molar-refractivity contribution >= 4 is 44.9 Å². The molecule has 0 saturated heterocycles. The van der Waals surface area contributed by atoms with E-state index in [4.69, 9.17) is 21.8 Å². The fourth-order valence-electron chi connectivity index (χ4n) is 3.13. The van der Waals surface area contributed by atoms with Crippen LogP contribution in [0.2, 0.25) is 5.02 Å². The number of halogens is 1. The van der Waals surface area contributed by atoms with E-state index in [1.165, 1.54) is 22.2 Å². The van der Waals surface area contributed by atoms with Crippen molar-refractivity contribution in [1.29, 1.82) is 5.26 Å². The Bertz CT molecular complexity index is 1050. The number of hydrogen-bond donors (Lipinski definition) is 0. The number of thioether (sulfide) groups is 1. The Balaban J connectivity index is 1.94. The molecule has 0 saturated carbocycles. The minimum Gasteiger partial charge on any atom is -0.268 e. The van der Waals surface area contributed by atoms with Crippen LogP contribution < -0.4 is 5.56 Å². The molecule has 4 rings (SSSR count). The number of nitrogens with zero attached hydrogens (tertiary/aromatic N) is 3. The molecule has 25 heavy (non-hydrogen) atoms. The molecule has 0 unspecified atom stereocenters. The number of rotatable bonds is 4. The predicted octanol–water partition coefficient (Wildman–Crippen LogP) is 4.60. The van der Waals surface area contributed by atoms with Crippen LogP contribution in [0.5, 0.6) is 0 Å². The molecule has 0 amide bonds. The van der Waals surface area contributed by atoms with Crippen molar-refractivity contribution in [3.8, 4) is 11.8 Å². The van der Waals surface area contributed by atoms with Crippen molar-refractivity contribution in [2.24, 2.45) is 0 Å². The molecule has 1 aromatic carbocycles. The number of fused-ring (bicyclic) bond motifs is 3. The van der Waals surface area contributed by atoms with Gasteiger partial charge in [0, 0.05) is 22.1 Å². The molecular weight excluding hydrogens is 374 g/mol. The molecule has 4 nitrogen and oxygen atoms in total. The topological polar surface area (TPSA) is 58.7 Å². The first kappa shape index (κ1) is 16.6. The fourth-order valence-corrected chi connectivity index (χ4v) is 5.41. The van der Waals surface area contributed by atoms with Crippen LogP contribution in [0.25, 0.3) is 15.9 Å². The Morgan fingerprint density at radius 3 is 2.88 bits per heavy atom. The Kier molecular flexibility index (Phi) is 4.55. The van der Waals surface area contributed by atoms with Gasteiger partial charge in [0.05, 0.1) is 17.1 Å². The number of thiophene rings is 1. The first-order valence-corrected chi connectivity index (χ1v) is 10.2. The summed E-state index contributed by atoms with van der Waals surface area (Å²) in [7, 11) is 0. The molecule has 7 heteroatoms. The summed E-state index contributed by atoms with van der Waals surface area (Å²) >= 11 is 9.07. The molecule has 1 aliphatic carbocycles. The lowest BCUT2D eigenvalue weighted by Crippen LogP contribution is -2.21. The third-order valence-corrected chi connectivity index (χ3v) is 6.62. The van der Waals surface area contributed by atoms with Gasteiger partial charge < -0.3 is 0 Å². The maximum absolute atomic E-state index is 13.3. The van der Waals surface area contributed by atoms with Gasteiger partial charge in [-0.1, -0.05) is 23.4 Å². The van der Waals surface area contributed by atoms with Gasteiger partial charge in [-0.3, -0.25) is 9.36 Å². The van der Waals surface area contributed by atoms with Gasteiger partial charge in [0.15, 0.2) is 5.16 Å². The molecule has 0 aliphatic heterocycles. The molecule has 0 fully saturated rings. The molecule has 0 atom stereocenters. The van der Waals surface area contributed by atoms with E-state index in [9.17, 15) is 4.79 Å². The highest BCUT2D eigenvalue weighted by atomic mass is 35.5. The van der Waals surface area contributed by atoms with Crippen LogP contribution in [0.15, 0.2) is 34.2 Å². The maximum Gasteiger partial charge on any atom is 0.267 e. The second-order valence-corrected chi connectivity index (χ2v) is 8.39. The van der Waals surface area contributed by atoms with Crippen LogP contribution in [0.1, 0.15) is 23.3 Å². The van der Waals surface area contributed by atoms with E-state index < -0.39 is 0 Å². The van der Waals surface area contributed by atoms with Crippen molar-refractivity contribution in [1.82, 2.24) is 9.55 Å². The molecular formula is C18H14ClN3OS2. The smallest absolute Gasteiger partial charge is 0.267 e. The van der Waals surface area contributed by atoms with E-state index >= 15 is 0 Å². The Morgan fingerprint density at radius 1 is 1.32 bits per heavy atom. The molecule has 0 spiro atoms. The molecule has 0 bridgehead atoms. The highest BCUT2D eigenvalue weighted by Crippen LogP contribution is 2.36. The summed E-state index contributed by atoms with van der Waals surface area (Å²) in [4.78, 5) is 20.2. The lowest BCUT2D eigenvalue weighted by atomic mass is 10.2. The first-order valence-electron chi connectivity index (χ1n) is 8.02. The normalized spacial score (nSPS) is 13.1. The third kappa shape index (κ3) is 2.97. The molecule has 2 aromatic heterocycles. The molecule has 3 aromatic rings. The van der Waals surface area contributed by atoms with Crippen molar-refractivity contribution < 1.29 is 0 Å². The summed E-state index contributed by atoms with van der Waals surface area (Å²) in [5, 5.41) is 10.8. The van der Waals surface area contributed by atoms with Crippen LogP contribution in [0.4, 0.5) is 0 Å². The number of aromatic nitrogens is 2. The van der Waals surface area contributed by atoms with Crippen LogP contribution >= 0.6 is 34.7 Å². The zero-order valence-corrected chi connectivity index (χ0v) is 15.7. The van der Waals surface area contributed by atoms with Gasteiger partial charge >= 0.3 is 0 Å². The van der Waals surface area contributed by atoms with Crippen molar-refractivity contribution in [2.75, 3.05) is 5.75 Å². The zero-order valence-electron chi connectivity index (χ0n) is 13.3. The predicted molar refractivity (Wildman–Crippen MR) is 103 cm³/mol. The van der Waals surface area contributed by atoms with Gasteiger partial charge in [-0.15, -0.1) is 11.3 Å². The molecule has 2 heterocycles. The van der Waals surface area contributed by atoms with E-state index in [0.717, 1.165) is 35.2 Å². The fraction of sp³-hybridized carbons (Fsp3) is 0.278. The first-order chi connectivity index (χ1) is 12.2. The van der Waals surface area contributed by atoms with E-state index in [0.29, 0.717) is 22.4 Å². The SMILES string of the molecule is N#CCCSc1nc2sc3c(c2c(=O)n1-c1ccc(Cl)cc1)CCC3. The average Bonchev–Trinajstić information content (AvgIpc) is 3.17. The standard InChI is InChI=1S/C18H14ClN3OS2/c19-11-5-7-12(8-6-11)22-17(23)15-13-3-1-4-14(13)25-16(15)21-18(22)24-10-2-9-20/h5-8H,1-4,10H2. The third-order valence-electron chi connectivity index (χ3n) is 4.24. The average molecular weight is 388 g/mol. The van der Waals surface area contributed by atoms with E-state index in [1.54, 1.807) is 28.0 Å². The largest absolute Gasteiger partial charge is 0.268 e. The van der Waals surface area contributed by atoms with Gasteiger partial charge in [0.2, 0.25) is 0 Å². The number of benzene rings is 1. The zero-order chi connectivity index (χ0) is 17.4. The monoisotopic (exact) mass is 387 g/mol. The number of hydrogen-bond acceptors (Lipinski definition) is 5. The maximum atomic E-state index is 13.3. The van der Waals surface area contributed by atoms with Gasteiger partial charge in [0.25, 0.3) is 5.56 Å². The summed E-state index contributed by atoms with van der Waals surface area (Å²) < 4.78 is 1.66. The quantitative estimate of drug-likeness (QED) is 0.373. The highest BCUT2D eigenvalue weighted by Gasteiger charge is 2.23. The van der Waals surface area contributed by atoms with Gasteiger partial charge in [0.1, 0.15) is 4.83 Å². The Hall–Kier alpha value is -1.81. The van der Waals surface area contributed by atoms with Gasteiger partial charge in [-0.2, -0.15) is 5.26 Å². The Morgan fingerprint density at radius 2 is 2.12 bits per heavy atom. The highest BCUT2D eigenvalue weighted by molar-refractivity contribution is 7.99. The van der Waals surface area contributed by atoms with Crippen molar-refractivity contribution in [3.63, 3.8) is 0 Å². The number of aryl methyl sites for hydroxylation is 2. The van der Waals surface area contributed by atoms with Crippen molar-refractivity contribution in [3.05, 3.63) is 50.1 Å². The summed E-state index contributed by atoms with van der Waals surface area (Å²) in [6, 6.07) is 9.35. The summed E-state index contributed by atoms with van der Waals surface area (Å²) in [6.45, 7) is 0. The summed E-state index contributed by atoms with van der Waals surface area (Å²) in [6.07, 6.45) is 3.51. The molecule has 1 aliphatic rings. The summed E-state index contributed by atoms with van der Waals surface area (Å²) in [5.41, 5.74) is 1.90. The van der Waals surface area contributed by atoms with Crippen LogP contribution in [0, 0.1) is 11.3 Å². The van der Waals surface area contributed by atoms with E-state index in [-0.39, 0.29) is 5.56 Å². The van der Waals surface area contributed by atoms with E-state index in [2.05, 4.69) is 6.07 Å². The molecule has 0 radical (unpaired) electrons. The second-order valence-electron chi connectivity index (χ2n) is 5.81. The van der Waals surface area contributed by atoms with Crippen LogP contribution in [-0.2, 0) is 12.8 Å².